The number of benzene rings is 2. The number of carboxylic acid groups (broad SMARTS) is 1. The highest BCUT2D eigenvalue weighted by atomic mass is 16.4. The Bertz CT molecular complexity index is 587. The number of nitrogens with zero attached hydrogens (tertiary/aromatic N) is 1. The zero-order chi connectivity index (χ0) is 15.5. The Hall–Kier alpha value is -2.13. The smallest absolute Gasteiger partial charge is 0.303 e. The maximum absolute atomic E-state index is 10.9. The molecule has 0 bridgehead atoms. The van der Waals surface area contributed by atoms with Gasteiger partial charge in [-0.2, -0.15) is 0 Å². The van der Waals surface area contributed by atoms with Crippen molar-refractivity contribution in [3.05, 3.63) is 71.8 Å². The van der Waals surface area contributed by atoms with Gasteiger partial charge in [-0.3, -0.25) is 9.69 Å². The van der Waals surface area contributed by atoms with E-state index >= 15 is 0 Å². The Labute approximate surface area is 131 Å². The van der Waals surface area contributed by atoms with Crippen molar-refractivity contribution in [2.45, 2.75) is 25.4 Å². The maximum Gasteiger partial charge on any atom is 0.303 e. The van der Waals surface area contributed by atoms with Crippen LogP contribution in [0.1, 0.15) is 30.5 Å². The van der Waals surface area contributed by atoms with Gasteiger partial charge in [-0.15, -0.1) is 0 Å². The Morgan fingerprint density at radius 3 is 2.00 bits per heavy atom. The summed E-state index contributed by atoms with van der Waals surface area (Å²) in [6.45, 7) is 2.97. The van der Waals surface area contributed by atoms with Crippen molar-refractivity contribution in [3.8, 4) is 0 Å². The van der Waals surface area contributed by atoms with E-state index in [0.29, 0.717) is 0 Å². The van der Waals surface area contributed by atoms with Gasteiger partial charge in [-0.25, -0.2) is 0 Å². The summed E-state index contributed by atoms with van der Waals surface area (Å²) >= 11 is 0. The average molecular weight is 295 g/mol. The minimum absolute atomic E-state index is 0.197. The first-order valence-electron chi connectivity index (χ1n) is 7.74. The molecule has 1 fully saturated rings. The third-order valence-corrected chi connectivity index (χ3v) is 4.65. The van der Waals surface area contributed by atoms with Crippen LogP contribution in [0.25, 0.3) is 0 Å². The van der Waals surface area contributed by atoms with E-state index in [2.05, 4.69) is 60.4 Å². The van der Waals surface area contributed by atoms with Gasteiger partial charge in [-0.1, -0.05) is 60.7 Å². The van der Waals surface area contributed by atoms with Crippen molar-refractivity contribution in [2.24, 2.45) is 5.92 Å². The molecule has 1 saturated heterocycles. The largest absolute Gasteiger partial charge is 0.481 e. The molecular weight excluding hydrogens is 274 g/mol. The summed E-state index contributed by atoms with van der Waals surface area (Å²) in [5, 5.41) is 9.01. The summed E-state index contributed by atoms with van der Waals surface area (Å²) in [4.78, 5) is 13.3. The molecule has 2 unspecified atom stereocenters. The second-order valence-electron chi connectivity index (χ2n) is 6.02. The average Bonchev–Trinajstić information content (AvgIpc) is 2.55. The van der Waals surface area contributed by atoms with Crippen LogP contribution in [0.2, 0.25) is 0 Å². The molecule has 2 aromatic rings. The quantitative estimate of drug-likeness (QED) is 0.916. The van der Waals surface area contributed by atoms with Crippen LogP contribution >= 0.6 is 0 Å². The molecule has 0 radical (unpaired) electrons. The van der Waals surface area contributed by atoms with Gasteiger partial charge in [0, 0.05) is 12.6 Å². The molecule has 3 heteroatoms. The number of hydrogen-bond donors (Lipinski definition) is 1. The molecule has 22 heavy (non-hydrogen) atoms. The van der Waals surface area contributed by atoms with Crippen molar-refractivity contribution < 1.29 is 9.90 Å². The third kappa shape index (κ3) is 2.90. The molecule has 3 nitrogen and oxygen atoms in total. The Balaban J connectivity index is 1.87. The van der Waals surface area contributed by atoms with Crippen molar-refractivity contribution in [2.75, 3.05) is 6.54 Å². The van der Waals surface area contributed by atoms with E-state index in [9.17, 15) is 4.79 Å². The molecule has 3 rings (SSSR count). The summed E-state index contributed by atoms with van der Waals surface area (Å²) in [7, 11) is 0. The van der Waals surface area contributed by atoms with Crippen LogP contribution in [0.4, 0.5) is 0 Å². The van der Waals surface area contributed by atoms with Gasteiger partial charge in [0.05, 0.1) is 12.5 Å². The lowest BCUT2D eigenvalue weighted by molar-refractivity contribution is -0.141. The first kappa shape index (κ1) is 14.8. The second-order valence-corrected chi connectivity index (χ2v) is 6.02. The van der Waals surface area contributed by atoms with Crippen LogP contribution in [-0.2, 0) is 4.79 Å². The zero-order valence-electron chi connectivity index (χ0n) is 12.7. The lowest BCUT2D eigenvalue weighted by atomic mass is 9.82. The lowest BCUT2D eigenvalue weighted by Gasteiger charge is -2.50. The Morgan fingerprint density at radius 2 is 1.59 bits per heavy atom. The molecule has 1 N–H and O–H groups in total. The highest BCUT2D eigenvalue weighted by molar-refractivity contribution is 5.67. The molecular formula is C19H21NO2. The van der Waals surface area contributed by atoms with Gasteiger partial charge < -0.3 is 5.11 Å². The van der Waals surface area contributed by atoms with Gasteiger partial charge >= 0.3 is 5.97 Å². The van der Waals surface area contributed by atoms with Crippen molar-refractivity contribution in [1.82, 2.24) is 4.90 Å². The second kappa shape index (κ2) is 6.32. The van der Waals surface area contributed by atoms with Crippen molar-refractivity contribution >= 4 is 5.97 Å². The number of rotatable bonds is 5. The van der Waals surface area contributed by atoms with Crippen LogP contribution in [0.15, 0.2) is 60.7 Å². The monoisotopic (exact) mass is 295 g/mol. The Kier molecular flexibility index (Phi) is 4.25. The van der Waals surface area contributed by atoms with E-state index < -0.39 is 5.97 Å². The highest BCUT2D eigenvalue weighted by Gasteiger charge is 2.41. The zero-order valence-corrected chi connectivity index (χ0v) is 12.7. The molecule has 114 valence electrons. The number of carboxylic acids is 1. The van der Waals surface area contributed by atoms with E-state index in [-0.39, 0.29) is 24.4 Å². The minimum atomic E-state index is -0.701. The molecule has 1 heterocycles. The van der Waals surface area contributed by atoms with Gasteiger partial charge in [0.25, 0.3) is 0 Å². The van der Waals surface area contributed by atoms with E-state index in [1.165, 1.54) is 11.1 Å². The molecule has 0 aromatic heterocycles. The van der Waals surface area contributed by atoms with E-state index in [4.69, 9.17) is 5.11 Å². The fourth-order valence-corrected chi connectivity index (χ4v) is 3.37. The summed E-state index contributed by atoms with van der Waals surface area (Å²) < 4.78 is 0. The molecule has 2 aromatic carbocycles. The first-order valence-corrected chi connectivity index (χ1v) is 7.74. The summed E-state index contributed by atoms with van der Waals surface area (Å²) in [6, 6.07) is 21.4. The number of aliphatic carboxylic acids is 1. The van der Waals surface area contributed by atoms with Crippen LogP contribution in [0.3, 0.4) is 0 Å². The topological polar surface area (TPSA) is 40.5 Å². The molecule has 1 aliphatic heterocycles. The predicted molar refractivity (Wildman–Crippen MR) is 86.6 cm³/mol. The van der Waals surface area contributed by atoms with Gasteiger partial charge in [0.1, 0.15) is 0 Å². The fraction of sp³-hybridized carbons (Fsp3) is 0.316. The van der Waals surface area contributed by atoms with Gasteiger partial charge in [0.15, 0.2) is 0 Å². The minimum Gasteiger partial charge on any atom is -0.481 e. The summed E-state index contributed by atoms with van der Waals surface area (Å²) in [6.07, 6.45) is 0.258. The Morgan fingerprint density at radius 1 is 1.09 bits per heavy atom. The maximum atomic E-state index is 10.9. The molecule has 0 spiro atoms. The normalized spacial score (nSPS) is 21.5. The van der Waals surface area contributed by atoms with E-state index in [0.717, 1.165) is 6.54 Å². The number of hydrogen-bond acceptors (Lipinski definition) is 2. The summed E-state index contributed by atoms with van der Waals surface area (Å²) in [5.74, 6) is -0.458. The number of likely N-dealkylation sites (tertiary alicyclic amines) is 1. The van der Waals surface area contributed by atoms with Crippen LogP contribution < -0.4 is 0 Å². The predicted octanol–water partition coefficient (Wildman–Crippen LogP) is 3.57. The number of carbonyl (C=O) groups is 1. The van der Waals surface area contributed by atoms with Crippen molar-refractivity contribution in [3.63, 3.8) is 0 Å². The fourth-order valence-electron chi connectivity index (χ4n) is 3.37. The molecule has 0 saturated carbocycles. The van der Waals surface area contributed by atoms with Crippen LogP contribution in [-0.4, -0.2) is 28.6 Å². The molecule has 0 aliphatic carbocycles. The standard InChI is InChI=1S/C19H21NO2/c1-14-17(12-18(21)22)13-20(14)19(15-8-4-2-5-9-15)16-10-6-3-7-11-16/h2-11,14,17,19H,12-13H2,1H3,(H,21,22). The van der Waals surface area contributed by atoms with Gasteiger partial charge in [0.2, 0.25) is 0 Å². The summed E-state index contributed by atoms with van der Waals surface area (Å²) in [5.41, 5.74) is 2.52. The molecule has 0 amide bonds. The van der Waals surface area contributed by atoms with E-state index in [1.807, 2.05) is 12.1 Å². The SMILES string of the molecule is CC1C(CC(=O)O)CN1C(c1ccccc1)c1ccccc1. The molecule has 2 atom stereocenters. The van der Waals surface area contributed by atoms with E-state index in [1.54, 1.807) is 0 Å². The lowest BCUT2D eigenvalue weighted by Crippen LogP contribution is -2.56. The van der Waals surface area contributed by atoms with Crippen molar-refractivity contribution in [1.29, 1.82) is 0 Å². The third-order valence-electron chi connectivity index (χ3n) is 4.65. The highest BCUT2D eigenvalue weighted by Crippen LogP contribution is 2.39. The van der Waals surface area contributed by atoms with Crippen LogP contribution in [0, 0.1) is 5.92 Å². The van der Waals surface area contributed by atoms with Crippen LogP contribution in [0.5, 0.6) is 0 Å². The first-order chi connectivity index (χ1) is 10.7. The molecule has 1 aliphatic rings. The van der Waals surface area contributed by atoms with Gasteiger partial charge in [-0.05, 0) is 24.0 Å².